The molecule has 0 spiro atoms. The number of aromatic amines is 1. The van der Waals surface area contributed by atoms with Crippen LogP contribution in [0.2, 0.25) is 0 Å². The van der Waals surface area contributed by atoms with Gasteiger partial charge in [0.1, 0.15) is 18.2 Å². The van der Waals surface area contributed by atoms with E-state index in [1.807, 2.05) is 42.6 Å². The molecular formula is C17H16N2O. The van der Waals surface area contributed by atoms with E-state index in [4.69, 9.17) is 4.74 Å². The molecule has 1 heterocycles. The van der Waals surface area contributed by atoms with Crippen molar-refractivity contribution >= 4 is 0 Å². The van der Waals surface area contributed by atoms with E-state index in [1.54, 1.807) is 6.20 Å². The van der Waals surface area contributed by atoms with Gasteiger partial charge in [0.2, 0.25) is 0 Å². The summed E-state index contributed by atoms with van der Waals surface area (Å²) in [5, 5.41) is 0. The lowest BCUT2D eigenvalue weighted by Gasteiger charge is -2.10. The number of imidazole rings is 1. The standard InChI is InChI=1S/C17H16N2O/c1-2-6-14(7-3-1)13-20-16-9-5-4-8-15(16)12-17-18-10-11-19-17/h1-11H,12-13H2,(H,18,19). The smallest absolute Gasteiger partial charge is 0.123 e. The molecular weight excluding hydrogens is 248 g/mol. The molecule has 3 nitrogen and oxygen atoms in total. The largest absolute Gasteiger partial charge is 0.489 e. The van der Waals surface area contributed by atoms with E-state index < -0.39 is 0 Å². The highest BCUT2D eigenvalue weighted by atomic mass is 16.5. The second-order valence-corrected chi connectivity index (χ2v) is 4.59. The normalized spacial score (nSPS) is 10.4. The van der Waals surface area contributed by atoms with Crippen molar-refractivity contribution in [3.05, 3.63) is 83.9 Å². The van der Waals surface area contributed by atoms with Crippen LogP contribution in [-0.4, -0.2) is 9.97 Å². The van der Waals surface area contributed by atoms with Crippen molar-refractivity contribution in [3.63, 3.8) is 0 Å². The summed E-state index contributed by atoms with van der Waals surface area (Å²) in [5.41, 5.74) is 2.30. The first-order valence-corrected chi connectivity index (χ1v) is 6.65. The van der Waals surface area contributed by atoms with Gasteiger partial charge in [0.25, 0.3) is 0 Å². The number of nitrogens with one attached hydrogen (secondary N) is 1. The van der Waals surface area contributed by atoms with Gasteiger partial charge in [-0.2, -0.15) is 0 Å². The Bertz CT molecular complexity index is 648. The number of H-pyrrole nitrogens is 1. The van der Waals surface area contributed by atoms with Crippen molar-refractivity contribution in [1.82, 2.24) is 9.97 Å². The van der Waals surface area contributed by atoms with Crippen molar-refractivity contribution in [3.8, 4) is 5.75 Å². The first-order chi connectivity index (χ1) is 9.92. The monoisotopic (exact) mass is 264 g/mol. The second kappa shape index (κ2) is 6.06. The van der Waals surface area contributed by atoms with E-state index in [-0.39, 0.29) is 0 Å². The maximum absolute atomic E-state index is 5.93. The number of hydrogen-bond donors (Lipinski definition) is 1. The van der Waals surface area contributed by atoms with Crippen LogP contribution in [0.3, 0.4) is 0 Å². The molecule has 0 saturated heterocycles. The van der Waals surface area contributed by atoms with Gasteiger partial charge in [0.15, 0.2) is 0 Å². The molecule has 0 radical (unpaired) electrons. The lowest BCUT2D eigenvalue weighted by molar-refractivity contribution is 0.303. The summed E-state index contributed by atoms with van der Waals surface area (Å²) in [5.74, 6) is 1.86. The lowest BCUT2D eigenvalue weighted by Crippen LogP contribution is -1.99. The maximum atomic E-state index is 5.93. The highest BCUT2D eigenvalue weighted by Gasteiger charge is 2.05. The van der Waals surface area contributed by atoms with Crippen molar-refractivity contribution in [2.45, 2.75) is 13.0 Å². The van der Waals surface area contributed by atoms with Crippen LogP contribution in [0.15, 0.2) is 67.0 Å². The molecule has 0 unspecified atom stereocenters. The zero-order chi connectivity index (χ0) is 13.6. The van der Waals surface area contributed by atoms with Crippen LogP contribution in [0.5, 0.6) is 5.75 Å². The van der Waals surface area contributed by atoms with Gasteiger partial charge in [-0.15, -0.1) is 0 Å². The van der Waals surface area contributed by atoms with Crippen molar-refractivity contribution in [2.75, 3.05) is 0 Å². The third-order valence-electron chi connectivity index (χ3n) is 3.12. The van der Waals surface area contributed by atoms with Gasteiger partial charge in [-0.05, 0) is 11.6 Å². The average Bonchev–Trinajstić information content (AvgIpc) is 3.00. The SMILES string of the molecule is c1ccc(COc2ccccc2Cc2ncc[nH]2)cc1. The van der Waals surface area contributed by atoms with E-state index in [0.717, 1.165) is 23.6 Å². The van der Waals surface area contributed by atoms with E-state index in [2.05, 4.69) is 28.2 Å². The molecule has 0 atom stereocenters. The van der Waals surface area contributed by atoms with Gasteiger partial charge in [-0.25, -0.2) is 4.98 Å². The highest BCUT2D eigenvalue weighted by Crippen LogP contribution is 2.21. The summed E-state index contributed by atoms with van der Waals surface area (Å²) < 4.78 is 5.93. The Labute approximate surface area is 118 Å². The molecule has 2 aromatic carbocycles. The molecule has 0 amide bonds. The molecule has 3 heteroatoms. The van der Waals surface area contributed by atoms with Gasteiger partial charge in [0, 0.05) is 24.4 Å². The fourth-order valence-corrected chi connectivity index (χ4v) is 2.10. The van der Waals surface area contributed by atoms with E-state index in [0.29, 0.717) is 6.61 Å². The summed E-state index contributed by atoms with van der Waals surface area (Å²) in [6, 6.07) is 18.3. The Balaban J connectivity index is 1.73. The van der Waals surface area contributed by atoms with Gasteiger partial charge >= 0.3 is 0 Å². The molecule has 20 heavy (non-hydrogen) atoms. The van der Waals surface area contributed by atoms with E-state index >= 15 is 0 Å². The fourth-order valence-electron chi connectivity index (χ4n) is 2.10. The van der Waals surface area contributed by atoms with Gasteiger partial charge in [-0.1, -0.05) is 48.5 Å². The minimum absolute atomic E-state index is 0.579. The molecule has 1 N–H and O–H groups in total. The minimum atomic E-state index is 0.579. The van der Waals surface area contributed by atoms with Gasteiger partial charge in [-0.3, -0.25) is 0 Å². The topological polar surface area (TPSA) is 37.9 Å². The van der Waals surface area contributed by atoms with Crippen LogP contribution < -0.4 is 4.74 Å². The Morgan fingerprint density at radius 3 is 2.55 bits per heavy atom. The summed E-state index contributed by atoms with van der Waals surface area (Å²) in [6.45, 7) is 0.579. The molecule has 3 aromatic rings. The first-order valence-electron chi connectivity index (χ1n) is 6.65. The Hall–Kier alpha value is -2.55. The van der Waals surface area contributed by atoms with Gasteiger partial charge < -0.3 is 9.72 Å². The third-order valence-corrected chi connectivity index (χ3v) is 3.12. The van der Waals surface area contributed by atoms with Crippen LogP contribution >= 0.6 is 0 Å². The number of ether oxygens (including phenoxy) is 1. The number of nitrogens with zero attached hydrogens (tertiary/aromatic N) is 1. The molecule has 0 aliphatic rings. The Kier molecular flexibility index (Phi) is 3.78. The third kappa shape index (κ3) is 3.06. The molecule has 0 fully saturated rings. The van der Waals surface area contributed by atoms with E-state index in [9.17, 15) is 0 Å². The molecule has 100 valence electrons. The molecule has 0 aliphatic heterocycles. The number of benzene rings is 2. The molecule has 1 aromatic heterocycles. The second-order valence-electron chi connectivity index (χ2n) is 4.59. The first kappa shape index (κ1) is 12.5. The maximum Gasteiger partial charge on any atom is 0.123 e. The summed E-state index contributed by atoms with van der Waals surface area (Å²) in [7, 11) is 0. The molecule has 0 aliphatic carbocycles. The van der Waals surface area contributed by atoms with E-state index in [1.165, 1.54) is 5.56 Å². The van der Waals surface area contributed by atoms with Crippen LogP contribution in [0.1, 0.15) is 17.0 Å². The quantitative estimate of drug-likeness (QED) is 0.765. The predicted octanol–water partition coefficient (Wildman–Crippen LogP) is 3.58. The molecule has 0 bridgehead atoms. The number of hydrogen-bond acceptors (Lipinski definition) is 2. The van der Waals surface area contributed by atoms with Crippen molar-refractivity contribution in [2.24, 2.45) is 0 Å². The average molecular weight is 264 g/mol. The zero-order valence-electron chi connectivity index (χ0n) is 11.1. The predicted molar refractivity (Wildman–Crippen MR) is 78.6 cm³/mol. The molecule has 3 rings (SSSR count). The molecule has 0 saturated carbocycles. The van der Waals surface area contributed by atoms with Crippen LogP contribution in [0, 0.1) is 0 Å². The van der Waals surface area contributed by atoms with Crippen molar-refractivity contribution < 1.29 is 4.74 Å². The Morgan fingerprint density at radius 2 is 1.75 bits per heavy atom. The fraction of sp³-hybridized carbons (Fsp3) is 0.118. The summed E-state index contributed by atoms with van der Waals surface area (Å²) in [6.07, 6.45) is 4.35. The number of para-hydroxylation sites is 1. The van der Waals surface area contributed by atoms with Crippen molar-refractivity contribution in [1.29, 1.82) is 0 Å². The summed E-state index contributed by atoms with van der Waals surface area (Å²) >= 11 is 0. The van der Waals surface area contributed by atoms with Crippen LogP contribution in [0.4, 0.5) is 0 Å². The number of aromatic nitrogens is 2. The summed E-state index contributed by atoms with van der Waals surface area (Å²) in [4.78, 5) is 7.38. The minimum Gasteiger partial charge on any atom is -0.489 e. The van der Waals surface area contributed by atoms with Crippen LogP contribution in [-0.2, 0) is 13.0 Å². The van der Waals surface area contributed by atoms with Gasteiger partial charge in [0.05, 0.1) is 0 Å². The zero-order valence-corrected chi connectivity index (χ0v) is 11.1. The van der Waals surface area contributed by atoms with Crippen LogP contribution in [0.25, 0.3) is 0 Å². The highest BCUT2D eigenvalue weighted by molar-refractivity contribution is 5.35. The lowest BCUT2D eigenvalue weighted by atomic mass is 10.1. The Morgan fingerprint density at radius 1 is 0.950 bits per heavy atom. The number of rotatable bonds is 5.